The molecule has 25 heavy (non-hydrogen) atoms. The van der Waals surface area contributed by atoms with Crippen molar-refractivity contribution in [1.82, 2.24) is 0 Å². The Morgan fingerprint density at radius 3 is 2.52 bits per heavy atom. The van der Waals surface area contributed by atoms with Gasteiger partial charge in [-0.05, 0) is 36.4 Å². The lowest BCUT2D eigenvalue weighted by atomic mass is 10.1. The first-order valence-electron chi connectivity index (χ1n) is 7.73. The average molecular weight is 355 g/mol. The quantitative estimate of drug-likeness (QED) is 0.784. The van der Waals surface area contributed by atoms with Gasteiger partial charge in [-0.1, -0.05) is 19.1 Å². The Balaban J connectivity index is 1.70. The highest BCUT2D eigenvalue weighted by Gasteiger charge is 2.35. The van der Waals surface area contributed by atoms with Crippen LogP contribution in [0.3, 0.4) is 0 Å². The maximum absolute atomic E-state index is 12.5. The normalized spacial score (nSPS) is 17.2. The van der Waals surface area contributed by atoms with Crippen molar-refractivity contribution in [3.05, 3.63) is 54.1 Å². The van der Waals surface area contributed by atoms with Crippen LogP contribution in [-0.4, -0.2) is 23.0 Å². The number of nitrogens with one attached hydrogen (secondary N) is 2. The van der Waals surface area contributed by atoms with E-state index in [0.29, 0.717) is 11.3 Å². The average Bonchev–Trinajstić information content (AvgIpc) is 2.61. The van der Waals surface area contributed by atoms with E-state index in [0.717, 1.165) is 10.6 Å². The van der Waals surface area contributed by atoms with Gasteiger partial charge in [-0.3, -0.25) is 14.4 Å². The summed E-state index contributed by atoms with van der Waals surface area (Å²) in [5.74, 6) is -1.51. The number of benzene rings is 2. The maximum atomic E-state index is 12.5. The van der Waals surface area contributed by atoms with E-state index in [1.54, 1.807) is 31.2 Å². The topological polar surface area (TPSA) is 101 Å². The van der Waals surface area contributed by atoms with E-state index in [2.05, 4.69) is 10.6 Å². The Morgan fingerprint density at radius 2 is 1.84 bits per heavy atom. The molecular weight excluding hydrogens is 338 g/mol. The second kappa shape index (κ2) is 6.98. The Morgan fingerprint density at radius 1 is 1.16 bits per heavy atom. The van der Waals surface area contributed by atoms with E-state index >= 15 is 0 Å². The summed E-state index contributed by atoms with van der Waals surface area (Å²) in [4.78, 5) is 36.8. The summed E-state index contributed by atoms with van der Waals surface area (Å²) < 4.78 is 0. The number of para-hydroxylation sites is 1. The molecule has 4 N–H and O–H groups in total. The van der Waals surface area contributed by atoms with E-state index in [1.165, 1.54) is 11.8 Å². The van der Waals surface area contributed by atoms with Crippen molar-refractivity contribution in [2.45, 2.75) is 17.1 Å². The molecule has 128 valence electrons. The molecule has 0 aromatic heterocycles. The highest BCUT2D eigenvalue weighted by atomic mass is 32.2. The van der Waals surface area contributed by atoms with Crippen LogP contribution in [0.4, 0.5) is 11.4 Å². The van der Waals surface area contributed by atoms with Crippen molar-refractivity contribution in [2.75, 3.05) is 10.6 Å². The van der Waals surface area contributed by atoms with Crippen LogP contribution in [0.5, 0.6) is 0 Å². The molecule has 1 aliphatic rings. The SMILES string of the molecule is CC(C(=O)Nc1ccc(C(N)=O)cc1)C1Sc2ccccc2NC1=O. The zero-order valence-corrected chi connectivity index (χ0v) is 14.3. The van der Waals surface area contributed by atoms with Gasteiger partial charge in [0.1, 0.15) is 0 Å². The molecule has 6 nitrogen and oxygen atoms in total. The molecule has 1 aliphatic heterocycles. The molecule has 0 saturated carbocycles. The van der Waals surface area contributed by atoms with Gasteiger partial charge >= 0.3 is 0 Å². The van der Waals surface area contributed by atoms with Gasteiger partial charge in [-0.15, -0.1) is 11.8 Å². The van der Waals surface area contributed by atoms with E-state index in [-0.39, 0.29) is 11.8 Å². The highest BCUT2D eigenvalue weighted by Crippen LogP contribution is 2.38. The third kappa shape index (κ3) is 3.66. The van der Waals surface area contributed by atoms with Crippen LogP contribution in [-0.2, 0) is 9.59 Å². The fourth-order valence-electron chi connectivity index (χ4n) is 2.51. The summed E-state index contributed by atoms with van der Waals surface area (Å²) in [6.45, 7) is 1.72. The molecule has 3 rings (SSSR count). The van der Waals surface area contributed by atoms with E-state index < -0.39 is 17.1 Å². The van der Waals surface area contributed by atoms with Gasteiger partial charge in [-0.2, -0.15) is 0 Å². The van der Waals surface area contributed by atoms with Gasteiger partial charge in [0.25, 0.3) is 0 Å². The fourth-order valence-corrected chi connectivity index (χ4v) is 3.68. The molecule has 7 heteroatoms. The Labute approximate surface area is 149 Å². The molecular formula is C18H17N3O3S. The predicted octanol–water partition coefficient (Wildman–Crippen LogP) is 2.47. The summed E-state index contributed by atoms with van der Waals surface area (Å²) in [6.07, 6.45) is 0. The molecule has 2 aromatic rings. The number of amides is 3. The molecule has 2 aromatic carbocycles. The van der Waals surface area contributed by atoms with E-state index in [9.17, 15) is 14.4 Å². The van der Waals surface area contributed by atoms with Crippen LogP contribution >= 0.6 is 11.8 Å². The predicted molar refractivity (Wildman–Crippen MR) is 97.5 cm³/mol. The van der Waals surface area contributed by atoms with Crippen molar-refractivity contribution in [3.8, 4) is 0 Å². The standard InChI is InChI=1S/C18H17N3O3S/c1-10(15-18(24)21-13-4-2-3-5-14(13)25-15)17(23)20-12-8-6-11(7-9-12)16(19)22/h2-10,15H,1H3,(H2,19,22)(H,20,23)(H,21,24). The van der Waals surface area contributed by atoms with Crippen LogP contribution in [0.2, 0.25) is 0 Å². The number of carbonyl (C=O) groups excluding carboxylic acids is 3. The fraction of sp³-hybridized carbons (Fsp3) is 0.167. The number of carbonyl (C=O) groups is 3. The largest absolute Gasteiger partial charge is 0.366 e. The van der Waals surface area contributed by atoms with Gasteiger partial charge in [0.15, 0.2) is 0 Å². The second-order valence-electron chi connectivity index (χ2n) is 5.74. The molecule has 0 aliphatic carbocycles. The van der Waals surface area contributed by atoms with E-state index in [1.807, 2.05) is 24.3 Å². The third-order valence-corrected chi connectivity index (χ3v) is 5.45. The maximum Gasteiger partial charge on any atom is 0.248 e. The van der Waals surface area contributed by atoms with Crippen molar-refractivity contribution >= 4 is 40.9 Å². The summed E-state index contributed by atoms with van der Waals surface area (Å²) in [5.41, 5.74) is 6.87. The molecule has 0 fully saturated rings. The monoisotopic (exact) mass is 355 g/mol. The Bertz CT molecular complexity index is 836. The van der Waals surface area contributed by atoms with Gasteiger partial charge < -0.3 is 16.4 Å². The Hall–Kier alpha value is -2.80. The number of hydrogen-bond acceptors (Lipinski definition) is 4. The summed E-state index contributed by atoms with van der Waals surface area (Å²) in [5, 5.41) is 5.09. The minimum absolute atomic E-state index is 0.185. The molecule has 3 amide bonds. The smallest absolute Gasteiger partial charge is 0.248 e. The molecule has 2 atom stereocenters. The van der Waals surface area contributed by atoms with Gasteiger partial charge in [0, 0.05) is 16.1 Å². The number of fused-ring (bicyclic) bond motifs is 1. The molecule has 0 saturated heterocycles. The lowest BCUT2D eigenvalue weighted by Crippen LogP contribution is -2.39. The third-order valence-electron chi connectivity index (χ3n) is 3.96. The second-order valence-corrected chi connectivity index (χ2v) is 6.93. The number of rotatable bonds is 4. The minimum atomic E-state index is -0.533. The first kappa shape index (κ1) is 17.0. The highest BCUT2D eigenvalue weighted by molar-refractivity contribution is 8.01. The van der Waals surface area contributed by atoms with Crippen LogP contribution < -0.4 is 16.4 Å². The number of anilines is 2. The first-order valence-corrected chi connectivity index (χ1v) is 8.61. The van der Waals surface area contributed by atoms with Crippen molar-refractivity contribution in [2.24, 2.45) is 11.7 Å². The van der Waals surface area contributed by atoms with Crippen LogP contribution in [0.25, 0.3) is 0 Å². The lowest BCUT2D eigenvalue weighted by Gasteiger charge is -2.27. The van der Waals surface area contributed by atoms with Crippen LogP contribution in [0.1, 0.15) is 17.3 Å². The molecule has 2 unspecified atom stereocenters. The number of hydrogen-bond donors (Lipinski definition) is 3. The van der Waals surface area contributed by atoms with Crippen LogP contribution in [0, 0.1) is 5.92 Å². The molecule has 1 heterocycles. The minimum Gasteiger partial charge on any atom is -0.366 e. The van der Waals surface area contributed by atoms with Crippen molar-refractivity contribution < 1.29 is 14.4 Å². The summed E-state index contributed by atoms with van der Waals surface area (Å²) in [7, 11) is 0. The van der Waals surface area contributed by atoms with Gasteiger partial charge in [0.2, 0.25) is 17.7 Å². The van der Waals surface area contributed by atoms with E-state index in [4.69, 9.17) is 5.73 Å². The molecule has 0 spiro atoms. The zero-order chi connectivity index (χ0) is 18.0. The molecule has 0 radical (unpaired) electrons. The van der Waals surface area contributed by atoms with Gasteiger partial charge in [-0.25, -0.2) is 0 Å². The number of thioether (sulfide) groups is 1. The zero-order valence-electron chi connectivity index (χ0n) is 13.5. The Kier molecular flexibility index (Phi) is 4.76. The number of primary amides is 1. The van der Waals surface area contributed by atoms with Crippen LogP contribution in [0.15, 0.2) is 53.4 Å². The summed E-state index contributed by atoms with van der Waals surface area (Å²) >= 11 is 1.38. The summed E-state index contributed by atoms with van der Waals surface area (Å²) in [6, 6.07) is 13.8. The molecule has 0 bridgehead atoms. The number of nitrogens with two attached hydrogens (primary N) is 1. The van der Waals surface area contributed by atoms with Crippen molar-refractivity contribution in [1.29, 1.82) is 0 Å². The van der Waals surface area contributed by atoms with Crippen molar-refractivity contribution in [3.63, 3.8) is 0 Å². The first-order chi connectivity index (χ1) is 12.0. The lowest BCUT2D eigenvalue weighted by molar-refractivity contribution is -0.123. The van der Waals surface area contributed by atoms with Gasteiger partial charge in [0.05, 0.1) is 16.9 Å².